The first-order valence-electron chi connectivity index (χ1n) is 5.13. The van der Waals surface area contributed by atoms with Crippen LogP contribution in [-0.2, 0) is 9.47 Å². The Bertz CT molecular complexity index is 280. The Morgan fingerprint density at radius 1 is 1.60 bits per heavy atom. The SMILES string of the molecule is C=C/C(OC1CC1)=C(\CC)OC(=O)NC. The van der Waals surface area contributed by atoms with Crippen molar-refractivity contribution in [3.05, 3.63) is 24.2 Å². The molecule has 0 atom stereocenters. The average Bonchev–Trinajstić information content (AvgIpc) is 3.06. The predicted octanol–water partition coefficient (Wildman–Crippen LogP) is 2.33. The Morgan fingerprint density at radius 3 is 2.67 bits per heavy atom. The van der Waals surface area contributed by atoms with Gasteiger partial charge in [-0.05, 0) is 18.9 Å². The van der Waals surface area contributed by atoms with E-state index in [-0.39, 0.29) is 6.10 Å². The van der Waals surface area contributed by atoms with Gasteiger partial charge in [-0.1, -0.05) is 13.5 Å². The zero-order chi connectivity index (χ0) is 11.3. The predicted molar refractivity (Wildman–Crippen MR) is 57.2 cm³/mol. The van der Waals surface area contributed by atoms with Crippen molar-refractivity contribution in [1.82, 2.24) is 5.32 Å². The Balaban J connectivity index is 2.66. The minimum absolute atomic E-state index is 0.271. The minimum Gasteiger partial charge on any atom is -0.487 e. The number of carbonyl (C=O) groups is 1. The summed E-state index contributed by atoms with van der Waals surface area (Å²) in [4.78, 5) is 11.0. The molecule has 0 unspecified atom stereocenters. The lowest BCUT2D eigenvalue weighted by Gasteiger charge is -2.11. The van der Waals surface area contributed by atoms with Crippen molar-refractivity contribution in [2.75, 3.05) is 7.05 Å². The van der Waals surface area contributed by atoms with Gasteiger partial charge in [-0.3, -0.25) is 0 Å². The number of rotatable bonds is 5. The van der Waals surface area contributed by atoms with Crippen molar-refractivity contribution in [2.45, 2.75) is 32.3 Å². The van der Waals surface area contributed by atoms with Gasteiger partial charge >= 0.3 is 6.09 Å². The van der Waals surface area contributed by atoms with Crippen molar-refractivity contribution in [3.8, 4) is 0 Å². The van der Waals surface area contributed by atoms with Crippen LogP contribution in [0.4, 0.5) is 4.79 Å². The second kappa shape index (κ2) is 5.44. The van der Waals surface area contributed by atoms with E-state index in [1.807, 2.05) is 6.92 Å². The number of hydrogen-bond acceptors (Lipinski definition) is 3. The molecule has 0 aliphatic heterocycles. The van der Waals surface area contributed by atoms with Gasteiger partial charge in [0.15, 0.2) is 11.5 Å². The Kier molecular flexibility index (Phi) is 4.21. The highest BCUT2D eigenvalue weighted by Crippen LogP contribution is 2.28. The highest BCUT2D eigenvalue weighted by Gasteiger charge is 2.25. The quantitative estimate of drug-likeness (QED) is 0.560. The van der Waals surface area contributed by atoms with Crippen LogP contribution in [0.2, 0.25) is 0 Å². The summed E-state index contributed by atoms with van der Waals surface area (Å²) in [6.45, 7) is 5.55. The molecule has 4 nitrogen and oxygen atoms in total. The van der Waals surface area contributed by atoms with E-state index in [1.165, 1.54) is 7.05 Å². The molecule has 4 heteroatoms. The lowest BCUT2D eigenvalue weighted by Crippen LogP contribution is -2.19. The maximum absolute atomic E-state index is 11.0. The average molecular weight is 211 g/mol. The van der Waals surface area contributed by atoms with Crippen molar-refractivity contribution < 1.29 is 14.3 Å². The van der Waals surface area contributed by atoms with Crippen molar-refractivity contribution in [3.63, 3.8) is 0 Å². The van der Waals surface area contributed by atoms with Crippen LogP contribution >= 0.6 is 0 Å². The van der Waals surface area contributed by atoms with E-state index in [0.29, 0.717) is 17.9 Å². The molecule has 1 fully saturated rings. The smallest absolute Gasteiger partial charge is 0.412 e. The van der Waals surface area contributed by atoms with Gasteiger partial charge in [0.25, 0.3) is 0 Å². The number of hydrogen-bond donors (Lipinski definition) is 1. The molecule has 0 bridgehead atoms. The first kappa shape index (κ1) is 11.6. The van der Waals surface area contributed by atoms with Crippen LogP contribution in [0, 0.1) is 0 Å². The largest absolute Gasteiger partial charge is 0.487 e. The number of carbonyl (C=O) groups excluding carboxylic acids is 1. The van der Waals surface area contributed by atoms with Gasteiger partial charge in [-0.15, -0.1) is 0 Å². The maximum Gasteiger partial charge on any atom is 0.412 e. The minimum atomic E-state index is -0.481. The van der Waals surface area contributed by atoms with Gasteiger partial charge in [0.1, 0.15) is 0 Å². The van der Waals surface area contributed by atoms with Crippen LogP contribution in [0.15, 0.2) is 24.2 Å². The molecule has 0 spiro atoms. The number of amides is 1. The summed E-state index contributed by atoms with van der Waals surface area (Å²) in [5.41, 5.74) is 0. The molecular formula is C11H17NO3. The fourth-order valence-electron chi connectivity index (χ4n) is 1.05. The van der Waals surface area contributed by atoms with Gasteiger partial charge in [0.05, 0.1) is 6.10 Å². The number of allylic oxidation sites excluding steroid dienone is 2. The lowest BCUT2D eigenvalue weighted by molar-refractivity contribution is 0.152. The van der Waals surface area contributed by atoms with E-state index in [9.17, 15) is 4.79 Å². The monoisotopic (exact) mass is 211 g/mol. The molecule has 0 aromatic rings. The van der Waals surface area contributed by atoms with Gasteiger partial charge in [-0.25, -0.2) is 4.79 Å². The number of nitrogens with one attached hydrogen (secondary N) is 1. The van der Waals surface area contributed by atoms with E-state index in [4.69, 9.17) is 9.47 Å². The van der Waals surface area contributed by atoms with Gasteiger partial charge in [-0.2, -0.15) is 0 Å². The summed E-state index contributed by atoms with van der Waals surface area (Å²) < 4.78 is 10.6. The van der Waals surface area contributed by atoms with E-state index >= 15 is 0 Å². The molecule has 1 aliphatic rings. The topological polar surface area (TPSA) is 47.6 Å². The second-order valence-corrected chi connectivity index (χ2v) is 3.30. The van der Waals surface area contributed by atoms with E-state index in [0.717, 1.165) is 12.8 Å². The molecule has 15 heavy (non-hydrogen) atoms. The molecule has 0 aromatic heterocycles. The van der Waals surface area contributed by atoms with E-state index < -0.39 is 6.09 Å². The molecule has 0 radical (unpaired) electrons. The molecule has 1 rings (SSSR count). The molecule has 0 saturated heterocycles. The summed E-state index contributed by atoms with van der Waals surface area (Å²) in [5, 5.41) is 2.39. The van der Waals surface area contributed by atoms with Crippen LogP contribution in [0.5, 0.6) is 0 Å². The van der Waals surface area contributed by atoms with Crippen molar-refractivity contribution in [1.29, 1.82) is 0 Å². The van der Waals surface area contributed by atoms with Crippen LogP contribution in [0.3, 0.4) is 0 Å². The molecule has 0 heterocycles. The third-order valence-corrected chi connectivity index (χ3v) is 2.02. The van der Waals surface area contributed by atoms with Crippen LogP contribution in [0.1, 0.15) is 26.2 Å². The molecule has 1 aliphatic carbocycles. The molecule has 1 N–H and O–H groups in total. The molecule has 1 amide bonds. The Labute approximate surface area is 89.9 Å². The van der Waals surface area contributed by atoms with Gasteiger partial charge in [0, 0.05) is 13.5 Å². The molecule has 0 aromatic carbocycles. The van der Waals surface area contributed by atoms with Gasteiger partial charge in [0.2, 0.25) is 0 Å². The van der Waals surface area contributed by atoms with Crippen molar-refractivity contribution >= 4 is 6.09 Å². The van der Waals surface area contributed by atoms with Crippen LogP contribution in [0.25, 0.3) is 0 Å². The fourth-order valence-corrected chi connectivity index (χ4v) is 1.05. The molecule has 1 saturated carbocycles. The van der Waals surface area contributed by atoms with Crippen LogP contribution in [-0.4, -0.2) is 19.2 Å². The third-order valence-electron chi connectivity index (χ3n) is 2.02. The highest BCUT2D eigenvalue weighted by molar-refractivity contribution is 5.68. The summed E-state index contributed by atoms with van der Waals surface area (Å²) in [6.07, 6.45) is 4.10. The Hall–Kier alpha value is -1.45. The fraction of sp³-hybridized carbons (Fsp3) is 0.545. The number of alkyl carbamates (subject to hydrolysis) is 1. The second-order valence-electron chi connectivity index (χ2n) is 3.30. The zero-order valence-corrected chi connectivity index (χ0v) is 9.21. The first-order valence-corrected chi connectivity index (χ1v) is 5.13. The molecular weight excluding hydrogens is 194 g/mol. The number of ether oxygens (including phenoxy) is 2. The Morgan fingerprint density at radius 2 is 2.27 bits per heavy atom. The van der Waals surface area contributed by atoms with Crippen LogP contribution < -0.4 is 5.32 Å². The van der Waals surface area contributed by atoms with E-state index in [2.05, 4.69) is 11.9 Å². The lowest BCUT2D eigenvalue weighted by atomic mass is 10.3. The third kappa shape index (κ3) is 3.65. The van der Waals surface area contributed by atoms with Gasteiger partial charge < -0.3 is 14.8 Å². The first-order chi connectivity index (χ1) is 7.21. The van der Waals surface area contributed by atoms with Crippen molar-refractivity contribution in [2.24, 2.45) is 0 Å². The molecule has 84 valence electrons. The standard InChI is InChI=1S/C11H17NO3/c1-4-9(14-8-6-7-8)10(5-2)15-11(13)12-3/h4,8H,1,5-7H2,2-3H3,(H,12,13)/b10-9-. The van der Waals surface area contributed by atoms with E-state index in [1.54, 1.807) is 6.08 Å². The summed E-state index contributed by atoms with van der Waals surface area (Å²) in [6, 6.07) is 0. The zero-order valence-electron chi connectivity index (χ0n) is 9.21. The maximum atomic E-state index is 11.0. The summed E-state index contributed by atoms with van der Waals surface area (Å²) in [5.74, 6) is 1.10. The summed E-state index contributed by atoms with van der Waals surface area (Å²) >= 11 is 0. The normalized spacial score (nSPS) is 16.4. The highest BCUT2D eigenvalue weighted by atomic mass is 16.6. The summed E-state index contributed by atoms with van der Waals surface area (Å²) in [7, 11) is 1.52.